The molecule has 2 aromatic carbocycles. The predicted octanol–water partition coefficient (Wildman–Crippen LogP) is 2.98. The van der Waals surface area contributed by atoms with Crippen molar-refractivity contribution in [2.24, 2.45) is 0 Å². The van der Waals surface area contributed by atoms with Gasteiger partial charge in [-0.25, -0.2) is 19.5 Å². The quantitative estimate of drug-likeness (QED) is 0.179. The molecule has 5 rings (SSSR count). The summed E-state index contributed by atoms with van der Waals surface area (Å²) in [6, 6.07) is 16.6. The largest absolute Gasteiger partial charge is 0.460 e. The van der Waals surface area contributed by atoms with Gasteiger partial charge in [-0.1, -0.05) is 48.5 Å². The number of esters is 1. The van der Waals surface area contributed by atoms with Gasteiger partial charge in [-0.05, 0) is 24.6 Å². The highest BCUT2D eigenvalue weighted by Gasteiger charge is 2.39. The smallest absolute Gasteiger partial charge is 0.459 e. The number of aliphatic hydroxyl groups is 1. The zero-order valence-electron chi connectivity index (χ0n) is 21.6. The number of aromatic nitrogens is 4. The first-order chi connectivity index (χ1) is 19.3. The number of hydrogen-bond donors (Lipinski definition) is 3. The second-order valence-corrected chi connectivity index (χ2v) is 10.9. The molecule has 0 amide bonds. The molecule has 40 heavy (non-hydrogen) atoms. The fraction of sp³-hybridized carbons (Fsp3) is 0.308. The second kappa shape index (κ2) is 12.1. The molecule has 0 radical (unpaired) electrons. The van der Waals surface area contributed by atoms with Crippen molar-refractivity contribution in [3.63, 3.8) is 0 Å². The molecular weight excluding hydrogens is 539 g/mol. The zero-order chi connectivity index (χ0) is 28.1. The van der Waals surface area contributed by atoms with Gasteiger partial charge in [-0.2, -0.15) is 5.09 Å². The minimum Gasteiger partial charge on any atom is -0.460 e. The molecule has 1 aliphatic rings. The maximum absolute atomic E-state index is 13.8. The number of nitrogens with one attached hydrogen (secondary N) is 1. The highest BCUT2D eigenvalue weighted by Crippen LogP contribution is 2.46. The van der Waals surface area contributed by atoms with Crippen LogP contribution in [0.4, 0.5) is 5.82 Å². The Bertz CT molecular complexity index is 1490. The number of para-hydroxylation sites is 1. The van der Waals surface area contributed by atoms with Crippen LogP contribution in [0.3, 0.4) is 0 Å². The fourth-order valence-electron chi connectivity index (χ4n) is 4.18. The van der Waals surface area contributed by atoms with E-state index in [1.54, 1.807) is 34.9 Å². The Morgan fingerprint density at radius 3 is 2.65 bits per heavy atom. The summed E-state index contributed by atoms with van der Waals surface area (Å²) in [5, 5.41) is 13.4. The number of nitrogens with zero attached hydrogens (tertiary/aromatic N) is 4. The molecular formula is C26H29N6O7P. The number of carbonyl (C=O) groups excluding carboxylic acids is 1. The highest BCUT2D eigenvalue weighted by atomic mass is 31.2. The van der Waals surface area contributed by atoms with Crippen molar-refractivity contribution >= 4 is 30.7 Å². The lowest BCUT2D eigenvalue weighted by Gasteiger charge is -2.24. The van der Waals surface area contributed by atoms with Crippen molar-refractivity contribution in [2.75, 3.05) is 12.3 Å². The van der Waals surface area contributed by atoms with Crippen molar-refractivity contribution in [2.45, 2.75) is 44.4 Å². The lowest BCUT2D eigenvalue weighted by molar-refractivity contribution is -0.146. The summed E-state index contributed by atoms with van der Waals surface area (Å²) in [6.07, 6.45) is 0.503. The van der Waals surface area contributed by atoms with Crippen LogP contribution in [-0.2, 0) is 30.0 Å². The number of ether oxygens (including phenoxy) is 2. The lowest BCUT2D eigenvalue weighted by Crippen LogP contribution is -2.35. The van der Waals surface area contributed by atoms with E-state index in [1.807, 2.05) is 30.3 Å². The SMILES string of the molecule is C[C@H](N[P@](=O)(OC[C@@H]1CC(O)[C@H](n2cnc3c(N)ncnc32)O1)Oc1ccccc1)C(=O)OCc1ccccc1. The maximum Gasteiger partial charge on any atom is 0.459 e. The molecule has 1 saturated heterocycles. The van der Waals surface area contributed by atoms with E-state index in [0.717, 1.165) is 5.56 Å². The molecule has 2 aromatic heterocycles. The predicted molar refractivity (Wildman–Crippen MR) is 144 cm³/mol. The van der Waals surface area contributed by atoms with E-state index in [2.05, 4.69) is 20.0 Å². The third-order valence-corrected chi connectivity index (χ3v) is 7.80. The number of aliphatic hydroxyl groups excluding tert-OH is 1. The van der Waals surface area contributed by atoms with Gasteiger partial charge in [0.1, 0.15) is 36.3 Å². The lowest BCUT2D eigenvalue weighted by atomic mass is 10.2. The first-order valence-electron chi connectivity index (χ1n) is 12.6. The van der Waals surface area contributed by atoms with Gasteiger partial charge < -0.3 is 24.8 Å². The van der Waals surface area contributed by atoms with Gasteiger partial charge in [0, 0.05) is 6.42 Å². The minimum atomic E-state index is -4.11. The Balaban J connectivity index is 1.25. The number of fused-ring (bicyclic) bond motifs is 1. The van der Waals surface area contributed by atoms with Crippen LogP contribution in [0.5, 0.6) is 5.75 Å². The Morgan fingerprint density at radius 2 is 1.90 bits per heavy atom. The van der Waals surface area contributed by atoms with Gasteiger partial charge >= 0.3 is 13.7 Å². The third kappa shape index (κ3) is 6.46. The second-order valence-electron chi connectivity index (χ2n) is 9.18. The summed E-state index contributed by atoms with van der Waals surface area (Å²) in [5.74, 6) is -0.154. The molecule has 210 valence electrons. The molecule has 1 fully saturated rings. The number of nitrogens with two attached hydrogens (primary N) is 1. The molecule has 4 aromatic rings. The summed E-state index contributed by atoms with van der Waals surface area (Å²) in [6.45, 7) is 1.35. The molecule has 13 nitrogen and oxygen atoms in total. The normalized spacial score (nSPS) is 21.1. The number of rotatable bonds is 11. The molecule has 5 atom stereocenters. The van der Waals surface area contributed by atoms with Gasteiger partial charge in [0.05, 0.1) is 19.0 Å². The van der Waals surface area contributed by atoms with Crippen LogP contribution in [0.15, 0.2) is 73.3 Å². The van der Waals surface area contributed by atoms with Crippen LogP contribution < -0.4 is 15.3 Å². The first kappa shape index (κ1) is 27.7. The Morgan fingerprint density at radius 1 is 1.18 bits per heavy atom. The van der Waals surface area contributed by atoms with E-state index in [9.17, 15) is 14.5 Å². The molecule has 0 spiro atoms. The highest BCUT2D eigenvalue weighted by molar-refractivity contribution is 7.52. The molecule has 14 heteroatoms. The van der Waals surface area contributed by atoms with E-state index in [4.69, 9.17) is 24.3 Å². The Labute approximate surface area is 229 Å². The van der Waals surface area contributed by atoms with E-state index in [0.29, 0.717) is 11.2 Å². The van der Waals surface area contributed by atoms with Crippen molar-refractivity contribution in [3.8, 4) is 5.75 Å². The van der Waals surface area contributed by atoms with Gasteiger partial charge in [0.25, 0.3) is 0 Å². The molecule has 0 saturated carbocycles. The summed E-state index contributed by atoms with van der Waals surface area (Å²) < 4.78 is 38.1. The number of hydrogen-bond acceptors (Lipinski definition) is 11. The average Bonchev–Trinajstić information content (AvgIpc) is 3.55. The van der Waals surface area contributed by atoms with Crippen LogP contribution in [0.1, 0.15) is 25.1 Å². The van der Waals surface area contributed by atoms with Gasteiger partial charge in [0.15, 0.2) is 17.7 Å². The molecule has 4 N–H and O–H groups in total. The van der Waals surface area contributed by atoms with E-state index in [-0.39, 0.29) is 31.2 Å². The number of benzene rings is 2. The van der Waals surface area contributed by atoms with Gasteiger partial charge in [-0.15, -0.1) is 0 Å². The topological polar surface area (TPSA) is 173 Å². The Kier molecular flexibility index (Phi) is 8.38. The summed E-state index contributed by atoms with van der Waals surface area (Å²) in [4.78, 5) is 25.0. The molecule has 0 bridgehead atoms. The summed E-state index contributed by atoms with van der Waals surface area (Å²) in [7, 11) is -4.11. The number of nitrogen functional groups attached to an aromatic ring is 1. The standard InChI is InChI=1S/C26H29N6O7P/c1-17(26(34)36-13-18-8-4-2-5-9-18)31-40(35,39-19-10-6-3-7-11-19)37-14-20-12-21(33)25(38-20)32-16-30-22-23(27)28-15-29-24(22)32/h2-11,15-17,20-21,25,33H,12-14H2,1H3,(H,31,35)(H2,27,28,29)/t17-,20-,21?,25+,40-/m0/s1. The van der Waals surface area contributed by atoms with Crippen LogP contribution in [0.25, 0.3) is 11.2 Å². The van der Waals surface area contributed by atoms with Crippen molar-refractivity contribution in [1.82, 2.24) is 24.6 Å². The van der Waals surface area contributed by atoms with Crippen LogP contribution >= 0.6 is 7.75 Å². The molecule has 0 aliphatic carbocycles. The van der Waals surface area contributed by atoms with Gasteiger partial charge in [-0.3, -0.25) is 13.9 Å². The van der Waals surface area contributed by atoms with E-state index in [1.165, 1.54) is 19.6 Å². The maximum atomic E-state index is 13.8. The van der Waals surface area contributed by atoms with Crippen molar-refractivity contribution in [3.05, 3.63) is 78.9 Å². The van der Waals surface area contributed by atoms with Crippen LogP contribution in [0, 0.1) is 0 Å². The summed E-state index contributed by atoms with van der Waals surface area (Å²) >= 11 is 0. The van der Waals surface area contributed by atoms with Crippen molar-refractivity contribution in [1.29, 1.82) is 0 Å². The molecule has 3 heterocycles. The van der Waals surface area contributed by atoms with Crippen molar-refractivity contribution < 1.29 is 33.0 Å². The Hall–Kier alpha value is -3.87. The molecule has 1 unspecified atom stereocenters. The number of imidazole rings is 1. The third-order valence-electron chi connectivity index (χ3n) is 6.16. The minimum absolute atomic E-state index is 0.0606. The van der Waals surface area contributed by atoms with E-state index < -0.39 is 38.2 Å². The zero-order valence-corrected chi connectivity index (χ0v) is 22.5. The van der Waals surface area contributed by atoms with Crippen LogP contribution in [0.2, 0.25) is 0 Å². The fourth-order valence-corrected chi connectivity index (χ4v) is 5.70. The van der Waals surface area contributed by atoms with E-state index >= 15 is 0 Å². The average molecular weight is 569 g/mol. The summed E-state index contributed by atoms with van der Waals surface area (Å²) in [5.41, 5.74) is 7.47. The number of anilines is 1. The first-order valence-corrected chi connectivity index (χ1v) is 14.1. The van der Waals surface area contributed by atoms with Crippen LogP contribution in [-0.4, -0.2) is 55.5 Å². The monoisotopic (exact) mass is 568 g/mol. The van der Waals surface area contributed by atoms with Gasteiger partial charge in [0.2, 0.25) is 0 Å². The molecule has 1 aliphatic heterocycles. The number of carbonyl (C=O) groups is 1.